The quantitative estimate of drug-likeness (QED) is 0.373. The van der Waals surface area contributed by atoms with Crippen molar-refractivity contribution >= 4 is 41.3 Å². The van der Waals surface area contributed by atoms with Crippen LogP contribution < -0.4 is 5.32 Å². The van der Waals surface area contributed by atoms with E-state index in [4.69, 9.17) is 4.74 Å². The van der Waals surface area contributed by atoms with Crippen molar-refractivity contribution in [2.75, 3.05) is 21.2 Å². The lowest BCUT2D eigenvalue weighted by Gasteiger charge is -2.21. The van der Waals surface area contributed by atoms with Crippen molar-refractivity contribution in [3.05, 3.63) is 28.2 Å². The van der Waals surface area contributed by atoms with Crippen molar-refractivity contribution in [1.29, 1.82) is 0 Å². The molecule has 0 radical (unpaired) electrons. The highest BCUT2D eigenvalue weighted by Crippen LogP contribution is 2.20. The number of hydrogen-bond donors (Lipinski definition) is 1. The van der Waals surface area contributed by atoms with Crippen LogP contribution in [-0.4, -0.2) is 51.8 Å². The van der Waals surface area contributed by atoms with E-state index in [0.717, 1.165) is 29.0 Å². The Morgan fingerprint density at radius 2 is 2.28 bits per heavy atom. The lowest BCUT2D eigenvalue weighted by molar-refractivity contribution is 0.119. The Bertz CT molecular complexity index is 672. The zero-order valence-electron chi connectivity index (χ0n) is 15.3. The summed E-state index contributed by atoms with van der Waals surface area (Å²) in [6.45, 7) is 6.16. The van der Waals surface area contributed by atoms with Crippen LogP contribution in [0.2, 0.25) is 0 Å². The fourth-order valence-electron chi connectivity index (χ4n) is 2.22. The van der Waals surface area contributed by atoms with E-state index in [1.165, 1.54) is 0 Å². The maximum atomic E-state index is 5.31. The molecule has 1 unspecified atom stereocenters. The molecule has 0 saturated heterocycles. The van der Waals surface area contributed by atoms with Crippen LogP contribution >= 0.6 is 35.3 Å². The number of nitrogens with zero attached hydrogens (tertiary/aromatic N) is 6. The molecule has 0 saturated carbocycles. The summed E-state index contributed by atoms with van der Waals surface area (Å²) in [5.74, 6) is 1.67. The summed E-state index contributed by atoms with van der Waals surface area (Å²) in [7, 11) is 5.44. The molecular weight excluding hydrogens is 453 g/mol. The summed E-state index contributed by atoms with van der Waals surface area (Å²) in [6.07, 6.45) is 1.75. The molecule has 0 amide bonds. The van der Waals surface area contributed by atoms with E-state index >= 15 is 0 Å². The highest BCUT2D eigenvalue weighted by molar-refractivity contribution is 14.0. The lowest BCUT2D eigenvalue weighted by atomic mass is 10.4. The van der Waals surface area contributed by atoms with Crippen molar-refractivity contribution in [3.63, 3.8) is 0 Å². The fourth-order valence-corrected chi connectivity index (χ4v) is 3.07. The molecule has 0 aromatic carbocycles. The molecule has 0 aliphatic rings. The van der Waals surface area contributed by atoms with Crippen LogP contribution in [0.15, 0.2) is 16.7 Å². The van der Waals surface area contributed by atoms with Gasteiger partial charge in [0.2, 0.25) is 0 Å². The zero-order chi connectivity index (χ0) is 17.5. The number of nitrogens with one attached hydrogen (secondary N) is 1. The lowest BCUT2D eigenvalue weighted by Crippen LogP contribution is -2.38. The molecular formula is C15H26IN7OS. The first-order valence-electron chi connectivity index (χ1n) is 7.84. The molecule has 0 bridgehead atoms. The average molecular weight is 479 g/mol. The summed E-state index contributed by atoms with van der Waals surface area (Å²) in [5, 5.41) is 14.4. The number of ether oxygens (including phenoxy) is 1. The minimum Gasteiger partial charge on any atom is -0.375 e. The van der Waals surface area contributed by atoms with Crippen molar-refractivity contribution in [2.45, 2.75) is 39.6 Å². The molecule has 0 spiro atoms. The topological polar surface area (TPSA) is 80.5 Å². The van der Waals surface area contributed by atoms with E-state index in [2.05, 4.69) is 37.8 Å². The molecule has 2 heterocycles. The Balaban J connectivity index is 0.00000312. The van der Waals surface area contributed by atoms with Gasteiger partial charge in [-0.1, -0.05) is 0 Å². The van der Waals surface area contributed by atoms with Crippen molar-refractivity contribution in [1.82, 2.24) is 30.0 Å². The number of aromatic nitrogens is 4. The molecule has 140 valence electrons. The largest absolute Gasteiger partial charge is 0.375 e. The third kappa shape index (κ3) is 5.89. The number of rotatable bonds is 7. The molecule has 0 fully saturated rings. The normalized spacial score (nSPS) is 12.6. The first-order valence-corrected chi connectivity index (χ1v) is 8.72. The number of aryl methyl sites for hydroxylation is 1. The number of methoxy groups -OCH3 is 1. The molecule has 0 aliphatic heterocycles. The van der Waals surface area contributed by atoms with Gasteiger partial charge >= 0.3 is 0 Å². The minimum absolute atomic E-state index is 0. The smallest absolute Gasteiger partial charge is 0.194 e. The monoisotopic (exact) mass is 479 g/mol. The van der Waals surface area contributed by atoms with Gasteiger partial charge in [0.15, 0.2) is 11.8 Å². The second-order valence-corrected chi connectivity index (χ2v) is 6.23. The van der Waals surface area contributed by atoms with Crippen LogP contribution in [-0.2, 0) is 24.4 Å². The van der Waals surface area contributed by atoms with Gasteiger partial charge in [-0.15, -0.1) is 45.5 Å². The molecule has 8 nitrogen and oxygen atoms in total. The Morgan fingerprint density at radius 3 is 2.92 bits per heavy atom. The Morgan fingerprint density at radius 1 is 1.52 bits per heavy atom. The van der Waals surface area contributed by atoms with Gasteiger partial charge in [-0.3, -0.25) is 4.99 Å². The maximum absolute atomic E-state index is 5.31. The van der Waals surface area contributed by atoms with Gasteiger partial charge in [-0.2, -0.15) is 0 Å². The molecule has 0 aliphatic carbocycles. The molecule has 2 aromatic rings. The molecule has 25 heavy (non-hydrogen) atoms. The SMILES string of the molecule is CCn1cnnc1CNC(=NC)N(C)Cc1csc(C(C)OC)n1.I. The zero-order valence-corrected chi connectivity index (χ0v) is 18.4. The predicted molar refractivity (Wildman–Crippen MR) is 110 cm³/mol. The third-order valence-corrected chi connectivity index (χ3v) is 4.74. The van der Waals surface area contributed by atoms with E-state index in [9.17, 15) is 0 Å². The maximum Gasteiger partial charge on any atom is 0.194 e. The van der Waals surface area contributed by atoms with E-state index in [1.54, 1.807) is 31.8 Å². The standard InChI is InChI=1S/C15H25N7OS.HI/c1-6-22-10-18-20-13(22)7-17-15(16-3)21(4)8-12-9-24-14(19-12)11(2)23-5;/h9-11H,6-8H2,1-5H3,(H,16,17);1H. The second-order valence-electron chi connectivity index (χ2n) is 5.35. The highest BCUT2D eigenvalue weighted by atomic mass is 127. The molecule has 2 rings (SSSR count). The summed E-state index contributed by atoms with van der Waals surface area (Å²) < 4.78 is 7.31. The van der Waals surface area contributed by atoms with Crippen LogP contribution in [0.1, 0.15) is 36.5 Å². The molecule has 1 atom stereocenters. The van der Waals surface area contributed by atoms with Crippen molar-refractivity contribution < 1.29 is 4.74 Å². The molecule has 2 aromatic heterocycles. The first kappa shape index (κ1) is 21.8. The van der Waals surface area contributed by atoms with Crippen LogP contribution in [0.5, 0.6) is 0 Å². The Kier molecular flexibility index (Phi) is 9.28. The highest BCUT2D eigenvalue weighted by Gasteiger charge is 2.13. The number of halogens is 1. The first-order chi connectivity index (χ1) is 11.6. The number of hydrogen-bond acceptors (Lipinski definition) is 6. The number of guanidine groups is 1. The number of thiazole rings is 1. The van der Waals surface area contributed by atoms with Crippen molar-refractivity contribution in [2.24, 2.45) is 4.99 Å². The number of aliphatic imine (C=N–C) groups is 1. The van der Waals surface area contributed by atoms with Gasteiger partial charge in [-0.05, 0) is 13.8 Å². The van der Waals surface area contributed by atoms with Crippen LogP contribution in [0.25, 0.3) is 0 Å². The Hall–Kier alpha value is -1.27. The summed E-state index contributed by atoms with van der Waals surface area (Å²) >= 11 is 1.62. The predicted octanol–water partition coefficient (Wildman–Crippen LogP) is 2.29. The summed E-state index contributed by atoms with van der Waals surface area (Å²) in [6, 6.07) is 0. The minimum atomic E-state index is 0. The van der Waals surface area contributed by atoms with Crippen LogP contribution in [0, 0.1) is 0 Å². The van der Waals surface area contributed by atoms with Gasteiger partial charge in [0, 0.05) is 33.1 Å². The second kappa shape index (κ2) is 10.7. The Labute approximate surface area is 169 Å². The van der Waals surface area contributed by atoms with Gasteiger partial charge in [0.1, 0.15) is 17.4 Å². The average Bonchev–Trinajstić information content (AvgIpc) is 3.23. The van der Waals surface area contributed by atoms with E-state index in [1.807, 2.05) is 23.4 Å². The third-order valence-electron chi connectivity index (χ3n) is 3.68. The van der Waals surface area contributed by atoms with Crippen LogP contribution in [0.3, 0.4) is 0 Å². The summed E-state index contributed by atoms with van der Waals surface area (Å²) in [4.78, 5) is 11.0. The van der Waals surface area contributed by atoms with Gasteiger partial charge in [0.25, 0.3) is 0 Å². The van der Waals surface area contributed by atoms with Crippen LogP contribution in [0.4, 0.5) is 0 Å². The van der Waals surface area contributed by atoms with E-state index in [0.29, 0.717) is 13.1 Å². The summed E-state index contributed by atoms with van der Waals surface area (Å²) in [5.41, 5.74) is 1.00. The fraction of sp³-hybridized carbons (Fsp3) is 0.600. The molecule has 10 heteroatoms. The van der Waals surface area contributed by atoms with Gasteiger partial charge in [-0.25, -0.2) is 4.98 Å². The molecule has 1 N–H and O–H groups in total. The van der Waals surface area contributed by atoms with Gasteiger partial charge in [0.05, 0.1) is 18.8 Å². The van der Waals surface area contributed by atoms with E-state index in [-0.39, 0.29) is 30.1 Å². The van der Waals surface area contributed by atoms with Crippen molar-refractivity contribution in [3.8, 4) is 0 Å². The van der Waals surface area contributed by atoms with Gasteiger partial charge < -0.3 is 19.5 Å². The van der Waals surface area contributed by atoms with E-state index < -0.39 is 0 Å².